The Morgan fingerprint density at radius 3 is 2.70 bits per heavy atom. The first-order valence-corrected chi connectivity index (χ1v) is 7.86. The van der Waals surface area contributed by atoms with Crippen molar-refractivity contribution in [2.75, 3.05) is 5.32 Å². The molecule has 0 aliphatic heterocycles. The van der Waals surface area contributed by atoms with Crippen LogP contribution in [-0.2, 0) is 0 Å². The summed E-state index contributed by atoms with van der Waals surface area (Å²) in [6, 6.07) is 18.3. The van der Waals surface area contributed by atoms with E-state index in [1.165, 1.54) is 0 Å². The van der Waals surface area contributed by atoms with E-state index in [2.05, 4.69) is 38.1 Å². The van der Waals surface area contributed by atoms with Gasteiger partial charge in [0.15, 0.2) is 5.82 Å². The second kappa shape index (κ2) is 6.62. The van der Waals surface area contributed by atoms with E-state index < -0.39 is 0 Å². The summed E-state index contributed by atoms with van der Waals surface area (Å²) in [4.78, 5) is 12.2. The SMILES string of the molecule is N#Cc1cccc(C(=O)Nc2cc(-c3ccc(I)cc3)[nH]n2)c1. The molecule has 0 radical (unpaired) electrons. The number of nitriles is 1. The summed E-state index contributed by atoms with van der Waals surface area (Å²) in [6.07, 6.45) is 0. The number of carbonyl (C=O) groups excluding carboxylic acids is 1. The van der Waals surface area contributed by atoms with Crippen molar-refractivity contribution in [3.63, 3.8) is 0 Å². The average Bonchev–Trinajstić information content (AvgIpc) is 3.04. The molecule has 0 saturated heterocycles. The fourth-order valence-electron chi connectivity index (χ4n) is 2.08. The number of carbonyl (C=O) groups is 1. The van der Waals surface area contributed by atoms with E-state index in [0.29, 0.717) is 16.9 Å². The fraction of sp³-hybridized carbons (Fsp3) is 0. The molecular formula is C17H11IN4O. The van der Waals surface area contributed by atoms with E-state index >= 15 is 0 Å². The lowest BCUT2D eigenvalue weighted by Crippen LogP contribution is -2.12. The Morgan fingerprint density at radius 2 is 1.96 bits per heavy atom. The summed E-state index contributed by atoms with van der Waals surface area (Å²) in [6.45, 7) is 0. The van der Waals surface area contributed by atoms with Gasteiger partial charge < -0.3 is 5.32 Å². The molecule has 6 heteroatoms. The number of anilines is 1. The van der Waals surface area contributed by atoms with Crippen molar-refractivity contribution in [1.82, 2.24) is 10.2 Å². The van der Waals surface area contributed by atoms with Crippen LogP contribution in [0.4, 0.5) is 5.82 Å². The zero-order valence-corrected chi connectivity index (χ0v) is 14.0. The molecule has 23 heavy (non-hydrogen) atoms. The number of amides is 1. The molecule has 0 aliphatic carbocycles. The smallest absolute Gasteiger partial charge is 0.256 e. The van der Waals surface area contributed by atoms with Crippen LogP contribution in [0.2, 0.25) is 0 Å². The van der Waals surface area contributed by atoms with E-state index in [4.69, 9.17) is 5.26 Å². The van der Waals surface area contributed by atoms with E-state index in [9.17, 15) is 4.79 Å². The Kier molecular flexibility index (Phi) is 4.39. The van der Waals surface area contributed by atoms with Crippen LogP contribution in [0.1, 0.15) is 15.9 Å². The van der Waals surface area contributed by atoms with Gasteiger partial charge in [0.2, 0.25) is 0 Å². The molecule has 0 unspecified atom stereocenters. The van der Waals surface area contributed by atoms with Gasteiger partial charge in [-0.2, -0.15) is 10.4 Å². The lowest BCUT2D eigenvalue weighted by molar-refractivity contribution is 0.102. The maximum absolute atomic E-state index is 12.2. The van der Waals surface area contributed by atoms with Crippen molar-refractivity contribution >= 4 is 34.3 Å². The van der Waals surface area contributed by atoms with Crippen LogP contribution in [0.15, 0.2) is 54.6 Å². The van der Waals surface area contributed by atoms with Crippen LogP contribution in [0.5, 0.6) is 0 Å². The number of halogens is 1. The summed E-state index contributed by atoms with van der Waals surface area (Å²) in [5.41, 5.74) is 2.68. The quantitative estimate of drug-likeness (QED) is 0.640. The molecule has 1 heterocycles. The maximum Gasteiger partial charge on any atom is 0.256 e. The number of nitrogens with zero attached hydrogens (tertiary/aromatic N) is 2. The minimum atomic E-state index is -0.303. The van der Waals surface area contributed by atoms with Crippen molar-refractivity contribution in [2.45, 2.75) is 0 Å². The second-order valence-corrected chi connectivity index (χ2v) is 6.07. The van der Waals surface area contributed by atoms with Crippen molar-refractivity contribution in [2.24, 2.45) is 0 Å². The first kappa shape index (κ1) is 15.2. The molecule has 0 saturated carbocycles. The summed E-state index contributed by atoms with van der Waals surface area (Å²) in [5, 5.41) is 18.6. The maximum atomic E-state index is 12.2. The van der Waals surface area contributed by atoms with E-state index in [-0.39, 0.29) is 5.91 Å². The van der Waals surface area contributed by atoms with Gasteiger partial charge in [0.25, 0.3) is 5.91 Å². The van der Waals surface area contributed by atoms with Gasteiger partial charge >= 0.3 is 0 Å². The van der Waals surface area contributed by atoms with Crippen molar-refractivity contribution in [3.05, 3.63) is 69.3 Å². The lowest BCUT2D eigenvalue weighted by Gasteiger charge is -2.01. The number of aromatic amines is 1. The van der Waals surface area contributed by atoms with Crippen molar-refractivity contribution in [3.8, 4) is 17.3 Å². The van der Waals surface area contributed by atoms with Gasteiger partial charge in [-0.25, -0.2) is 0 Å². The van der Waals surface area contributed by atoms with Gasteiger partial charge in [0.05, 0.1) is 17.3 Å². The minimum Gasteiger partial charge on any atom is -0.305 e. The van der Waals surface area contributed by atoms with Crippen LogP contribution in [-0.4, -0.2) is 16.1 Å². The molecule has 2 aromatic carbocycles. The molecular weight excluding hydrogens is 403 g/mol. The molecule has 0 fully saturated rings. The molecule has 3 rings (SSSR count). The summed E-state index contributed by atoms with van der Waals surface area (Å²) in [7, 11) is 0. The predicted octanol–water partition coefficient (Wildman–Crippen LogP) is 3.81. The number of benzene rings is 2. The lowest BCUT2D eigenvalue weighted by atomic mass is 10.1. The number of hydrogen-bond acceptors (Lipinski definition) is 3. The monoisotopic (exact) mass is 414 g/mol. The van der Waals surface area contributed by atoms with Crippen molar-refractivity contribution in [1.29, 1.82) is 5.26 Å². The molecule has 112 valence electrons. The highest BCUT2D eigenvalue weighted by Gasteiger charge is 2.10. The largest absolute Gasteiger partial charge is 0.305 e. The highest BCUT2D eigenvalue weighted by atomic mass is 127. The third-order valence-electron chi connectivity index (χ3n) is 3.23. The highest BCUT2D eigenvalue weighted by Crippen LogP contribution is 2.21. The number of aromatic nitrogens is 2. The molecule has 1 aromatic heterocycles. The zero-order chi connectivity index (χ0) is 16.2. The number of H-pyrrole nitrogens is 1. The van der Waals surface area contributed by atoms with Gasteiger partial charge in [-0.3, -0.25) is 9.89 Å². The van der Waals surface area contributed by atoms with Gasteiger partial charge in [-0.1, -0.05) is 18.2 Å². The van der Waals surface area contributed by atoms with Gasteiger partial charge in [-0.05, 0) is 58.5 Å². The molecule has 3 aromatic rings. The summed E-state index contributed by atoms with van der Waals surface area (Å²) in [5.74, 6) is 0.133. The Labute approximate surface area is 146 Å². The standard InChI is InChI=1S/C17H11IN4O/c18-14-6-4-12(5-7-14)15-9-16(22-21-15)20-17(23)13-3-1-2-11(8-13)10-19/h1-9H,(H2,20,21,22,23). The number of rotatable bonds is 3. The summed E-state index contributed by atoms with van der Waals surface area (Å²) < 4.78 is 1.15. The van der Waals surface area contributed by atoms with Gasteiger partial charge in [0, 0.05) is 15.2 Å². The topological polar surface area (TPSA) is 81.6 Å². The Morgan fingerprint density at radius 1 is 1.17 bits per heavy atom. The number of hydrogen-bond donors (Lipinski definition) is 2. The van der Waals surface area contributed by atoms with E-state index in [1.54, 1.807) is 30.3 Å². The van der Waals surface area contributed by atoms with Crippen LogP contribution in [0.3, 0.4) is 0 Å². The molecule has 0 bridgehead atoms. The van der Waals surface area contributed by atoms with E-state index in [0.717, 1.165) is 14.8 Å². The second-order valence-electron chi connectivity index (χ2n) is 4.82. The summed E-state index contributed by atoms with van der Waals surface area (Å²) >= 11 is 2.24. The van der Waals surface area contributed by atoms with Crippen LogP contribution in [0, 0.1) is 14.9 Å². The first-order chi connectivity index (χ1) is 11.2. The normalized spacial score (nSPS) is 10.1. The van der Waals surface area contributed by atoms with Crippen LogP contribution >= 0.6 is 22.6 Å². The Hall–Kier alpha value is -2.66. The van der Waals surface area contributed by atoms with Crippen LogP contribution in [0.25, 0.3) is 11.3 Å². The van der Waals surface area contributed by atoms with Gasteiger partial charge in [0.1, 0.15) is 0 Å². The molecule has 5 nitrogen and oxygen atoms in total. The molecule has 0 spiro atoms. The average molecular weight is 414 g/mol. The Bertz CT molecular complexity index is 893. The van der Waals surface area contributed by atoms with E-state index in [1.807, 2.05) is 30.3 Å². The molecule has 0 atom stereocenters. The molecule has 1 amide bonds. The molecule has 0 aliphatic rings. The highest BCUT2D eigenvalue weighted by molar-refractivity contribution is 14.1. The van der Waals surface area contributed by atoms with Gasteiger partial charge in [-0.15, -0.1) is 0 Å². The minimum absolute atomic E-state index is 0.303. The Balaban J connectivity index is 1.77. The number of nitrogens with one attached hydrogen (secondary N) is 2. The van der Waals surface area contributed by atoms with Crippen molar-refractivity contribution < 1.29 is 4.79 Å². The first-order valence-electron chi connectivity index (χ1n) is 6.78. The third-order valence-corrected chi connectivity index (χ3v) is 3.95. The zero-order valence-electron chi connectivity index (χ0n) is 11.9. The third kappa shape index (κ3) is 3.57. The predicted molar refractivity (Wildman–Crippen MR) is 95.9 cm³/mol. The fourth-order valence-corrected chi connectivity index (χ4v) is 2.44. The van der Waals surface area contributed by atoms with Crippen LogP contribution < -0.4 is 5.32 Å². The molecule has 2 N–H and O–H groups in total.